The monoisotopic (exact) mass is 428 g/mol. The second kappa shape index (κ2) is 8.54. The van der Waals surface area contributed by atoms with Gasteiger partial charge in [0.2, 0.25) is 11.8 Å². The highest BCUT2D eigenvalue weighted by Crippen LogP contribution is 2.28. The normalized spacial score (nSPS) is 21.9. The highest BCUT2D eigenvalue weighted by molar-refractivity contribution is 5.79. The summed E-state index contributed by atoms with van der Waals surface area (Å²) < 4.78 is 5.76. The topological polar surface area (TPSA) is 124 Å². The van der Waals surface area contributed by atoms with Crippen LogP contribution in [0.25, 0.3) is 0 Å². The fourth-order valence-electron chi connectivity index (χ4n) is 4.27. The molecule has 2 amide bonds. The van der Waals surface area contributed by atoms with Crippen LogP contribution in [0.5, 0.6) is 0 Å². The summed E-state index contributed by atoms with van der Waals surface area (Å²) in [5.41, 5.74) is 4.24. The summed E-state index contributed by atoms with van der Waals surface area (Å²) in [6.07, 6.45) is -0.495. The molecule has 2 atom stereocenters. The van der Waals surface area contributed by atoms with Gasteiger partial charge in [-0.2, -0.15) is 0 Å². The Bertz CT molecular complexity index is 990. The van der Waals surface area contributed by atoms with Crippen molar-refractivity contribution in [2.45, 2.75) is 45.7 Å². The summed E-state index contributed by atoms with van der Waals surface area (Å²) in [6, 6.07) is 4.46. The molecule has 3 heterocycles. The van der Waals surface area contributed by atoms with E-state index in [0.29, 0.717) is 44.5 Å². The Kier molecular flexibility index (Phi) is 5.81. The zero-order chi connectivity index (χ0) is 22.1. The van der Waals surface area contributed by atoms with Gasteiger partial charge in [0.25, 0.3) is 0 Å². The van der Waals surface area contributed by atoms with Gasteiger partial charge in [-0.25, -0.2) is 4.79 Å². The molecule has 4 rings (SSSR count). The second-order valence-corrected chi connectivity index (χ2v) is 8.43. The first-order valence-corrected chi connectivity index (χ1v) is 10.5. The van der Waals surface area contributed by atoms with Gasteiger partial charge in [-0.15, -0.1) is 5.10 Å². The first kappa shape index (κ1) is 21.1. The predicted molar refractivity (Wildman–Crippen MR) is 113 cm³/mol. The molecular weight excluding hydrogens is 400 g/mol. The Balaban J connectivity index is 1.46. The van der Waals surface area contributed by atoms with Crippen LogP contribution in [0.1, 0.15) is 41.8 Å². The molecule has 2 aliphatic rings. The Morgan fingerprint density at radius 2 is 2.13 bits per heavy atom. The zero-order valence-electron chi connectivity index (χ0n) is 18.0. The van der Waals surface area contributed by atoms with Gasteiger partial charge in [0.05, 0.1) is 5.92 Å². The molecule has 1 aromatic heterocycles. The van der Waals surface area contributed by atoms with E-state index in [-0.39, 0.29) is 17.9 Å². The summed E-state index contributed by atoms with van der Waals surface area (Å²) in [5, 5.41) is 23.5. The quantitative estimate of drug-likeness (QED) is 0.662. The second-order valence-electron chi connectivity index (χ2n) is 8.43. The van der Waals surface area contributed by atoms with Crippen LogP contribution in [0.2, 0.25) is 0 Å². The maximum atomic E-state index is 11.4. The number of rotatable bonds is 5. The summed E-state index contributed by atoms with van der Waals surface area (Å²) in [4.78, 5) is 26.5. The molecule has 2 saturated heterocycles. The summed E-state index contributed by atoms with van der Waals surface area (Å²) in [6.45, 7) is 9.19. The number of piperazine rings is 1. The number of carboxylic acid groups (broad SMARTS) is 1. The van der Waals surface area contributed by atoms with E-state index >= 15 is 0 Å². The van der Waals surface area contributed by atoms with Gasteiger partial charge in [-0.1, -0.05) is 11.2 Å². The lowest BCUT2D eigenvalue weighted by Gasteiger charge is -2.38. The lowest BCUT2D eigenvalue weighted by molar-refractivity contribution is -0.119. The van der Waals surface area contributed by atoms with Gasteiger partial charge in [0, 0.05) is 50.9 Å². The Morgan fingerprint density at radius 1 is 1.32 bits per heavy atom. The third-order valence-electron chi connectivity index (χ3n) is 6.02. The van der Waals surface area contributed by atoms with Crippen molar-refractivity contribution in [3.63, 3.8) is 0 Å². The van der Waals surface area contributed by atoms with Crippen LogP contribution in [0, 0.1) is 13.8 Å². The fraction of sp³-hybridized carbons (Fsp3) is 0.524. The van der Waals surface area contributed by atoms with Gasteiger partial charge in [0.1, 0.15) is 0 Å². The Labute approximate surface area is 180 Å². The lowest BCUT2D eigenvalue weighted by atomic mass is 10.0. The number of anilines is 2. The van der Waals surface area contributed by atoms with Crippen LogP contribution in [-0.2, 0) is 11.3 Å². The number of aryl methyl sites for hydroxylation is 1. The van der Waals surface area contributed by atoms with Crippen molar-refractivity contribution in [1.82, 2.24) is 25.3 Å². The minimum absolute atomic E-state index is 0.00427. The smallest absolute Gasteiger partial charge is 0.407 e. The maximum absolute atomic E-state index is 11.4. The van der Waals surface area contributed by atoms with E-state index in [0.717, 1.165) is 23.4 Å². The number of nitrogens with zero attached hydrogens (tertiary/aromatic N) is 4. The van der Waals surface area contributed by atoms with Crippen LogP contribution in [0.3, 0.4) is 0 Å². The average molecular weight is 428 g/mol. The summed E-state index contributed by atoms with van der Waals surface area (Å²) >= 11 is 0. The molecule has 10 heteroatoms. The maximum Gasteiger partial charge on any atom is 0.407 e. The number of carbonyl (C=O) groups excluding carboxylic acids is 1. The number of nitrogens with one attached hydrogen (secondary N) is 2. The molecular formula is C21H28N6O4. The zero-order valence-corrected chi connectivity index (χ0v) is 18.0. The first-order chi connectivity index (χ1) is 14.8. The van der Waals surface area contributed by atoms with Crippen LogP contribution in [-0.4, -0.2) is 69.3 Å². The van der Waals surface area contributed by atoms with Gasteiger partial charge in [-0.05, 0) is 43.5 Å². The number of amides is 2. The molecule has 2 aliphatic heterocycles. The molecule has 31 heavy (non-hydrogen) atoms. The minimum atomic E-state index is -0.859. The van der Waals surface area contributed by atoms with E-state index in [9.17, 15) is 14.7 Å². The molecule has 0 radical (unpaired) electrons. The van der Waals surface area contributed by atoms with Crippen molar-refractivity contribution >= 4 is 23.7 Å². The van der Waals surface area contributed by atoms with Crippen LogP contribution in [0.4, 0.5) is 16.5 Å². The third-order valence-corrected chi connectivity index (χ3v) is 6.02. The molecule has 1 aromatic carbocycles. The molecule has 0 spiro atoms. The lowest BCUT2D eigenvalue weighted by Crippen LogP contribution is -2.53. The van der Waals surface area contributed by atoms with E-state index in [2.05, 4.69) is 31.8 Å². The number of aromatic nitrogens is 2. The van der Waals surface area contributed by atoms with E-state index < -0.39 is 6.09 Å². The fourth-order valence-corrected chi connectivity index (χ4v) is 4.27. The van der Waals surface area contributed by atoms with E-state index in [1.54, 1.807) is 0 Å². The van der Waals surface area contributed by atoms with Crippen molar-refractivity contribution in [3.05, 3.63) is 34.7 Å². The molecule has 166 valence electrons. The van der Waals surface area contributed by atoms with Crippen molar-refractivity contribution in [2.75, 3.05) is 31.5 Å². The molecule has 0 bridgehead atoms. The van der Waals surface area contributed by atoms with E-state index in [1.807, 2.05) is 26.8 Å². The number of hydrogen-bond acceptors (Lipinski definition) is 7. The van der Waals surface area contributed by atoms with Crippen molar-refractivity contribution in [1.29, 1.82) is 0 Å². The van der Waals surface area contributed by atoms with E-state index in [4.69, 9.17) is 4.42 Å². The molecule has 3 N–H and O–H groups in total. The molecule has 2 fully saturated rings. The van der Waals surface area contributed by atoms with Crippen molar-refractivity contribution in [3.8, 4) is 0 Å². The molecule has 10 nitrogen and oxygen atoms in total. The molecule has 0 aliphatic carbocycles. The predicted octanol–water partition coefficient (Wildman–Crippen LogP) is 2.22. The summed E-state index contributed by atoms with van der Waals surface area (Å²) in [7, 11) is 0. The SMILES string of the molecule is Cc1cc(CN2CCN(C(=O)O)[C@@H](C)C2)c(C)c(Nc2nnc([C@@H]3CNC(=O)C3)o2)c1. The minimum Gasteiger partial charge on any atom is -0.465 e. The number of hydrogen-bond donors (Lipinski definition) is 3. The first-order valence-electron chi connectivity index (χ1n) is 10.5. The standard InChI is InChI=1S/C21H28N6O4/c1-12-6-16(11-26-4-5-27(21(29)30)13(2)10-26)14(3)17(7-12)23-20-25-24-19(31-20)15-8-18(28)22-9-15/h6-7,13,15H,4-5,8-11H2,1-3H3,(H,22,28)(H,23,25)(H,29,30)/t13-,15-/m0/s1. The molecule has 2 aromatic rings. The van der Waals surface area contributed by atoms with Gasteiger partial charge < -0.3 is 25.1 Å². The average Bonchev–Trinajstić information content (AvgIpc) is 3.34. The molecule has 0 saturated carbocycles. The highest BCUT2D eigenvalue weighted by Gasteiger charge is 2.29. The van der Waals surface area contributed by atoms with Crippen LogP contribution in [0.15, 0.2) is 16.5 Å². The molecule has 0 unspecified atom stereocenters. The van der Waals surface area contributed by atoms with Gasteiger partial charge in [0.15, 0.2) is 0 Å². The van der Waals surface area contributed by atoms with Crippen LogP contribution < -0.4 is 10.6 Å². The van der Waals surface area contributed by atoms with E-state index in [1.165, 1.54) is 10.5 Å². The number of carbonyl (C=O) groups is 2. The van der Waals surface area contributed by atoms with Gasteiger partial charge >= 0.3 is 12.1 Å². The van der Waals surface area contributed by atoms with Gasteiger partial charge in [-0.3, -0.25) is 9.69 Å². The Morgan fingerprint density at radius 3 is 2.81 bits per heavy atom. The van der Waals surface area contributed by atoms with Crippen molar-refractivity contribution in [2.24, 2.45) is 0 Å². The largest absolute Gasteiger partial charge is 0.465 e. The van der Waals surface area contributed by atoms with Crippen LogP contribution >= 0.6 is 0 Å². The number of benzene rings is 1. The summed E-state index contributed by atoms with van der Waals surface area (Å²) in [5.74, 6) is 0.364. The Hall–Kier alpha value is -3.14. The highest BCUT2D eigenvalue weighted by atomic mass is 16.4. The van der Waals surface area contributed by atoms with Crippen molar-refractivity contribution < 1.29 is 19.1 Å². The third kappa shape index (κ3) is 4.63.